The van der Waals surface area contributed by atoms with Crippen LogP contribution in [-0.2, 0) is 29.5 Å². The van der Waals surface area contributed by atoms with E-state index in [0.29, 0.717) is 13.2 Å². The highest BCUT2D eigenvalue weighted by Gasteiger charge is 2.14. The van der Waals surface area contributed by atoms with E-state index in [2.05, 4.69) is 17.3 Å². The summed E-state index contributed by atoms with van der Waals surface area (Å²) in [4.78, 5) is 11.4. The summed E-state index contributed by atoms with van der Waals surface area (Å²) in [7, 11) is 1.90. The normalized spacial score (nSPS) is 12.5. The fraction of sp³-hybridized carbons (Fsp3) is 0.667. The van der Waals surface area contributed by atoms with Crippen LogP contribution in [0, 0.1) is 0 Å². The number of rotatable bonds is 6. The molecule has 0 saturated carbocycles. The Morgan fingerprint density at radius 1 is 1.59 bits per heavy atom. The molecule has 5 nitrogen and oxygen atoms in total. The summed E-state index contributed by atoms with van der Waals surface area (Å²) in [5.74, 6) is -0.213. The molecule has 5 heteroatoms. The second kappa shape index (κ2) is 6.39. The van der Waals surface area contributed by atoms with Crippen molar-refractivity contribution in [2.45, 2.75) is 39.8 Å². The number of nitrogens with zero attached hydrogens (tertiary/aromatic N) is 2. The molecule has 1 atom stereocenters. The van der Waals surface area contributed by atoms with Gasteiger partial charge in [0.2, 0.25) is 0 Å². The molecule has 1 rings (SSSR count). The standard InChI is InChI=1S/C12H21N3O2/c1-5-11-10(8-15(4)14-11)7-13-9(3)12(16)17-6-2/h8-9,13H,5-7H2,1-4H3. The molecule has 1 aromatic rings. The number of ether oxygens (including phenoxy) is 1. The summed E-state index contributed by atoms with van der Waals surface area (Å²) >= 11 is 0. The van der Waals surface area contributed by atoms with Gasteiger partial charge in [0.15, 0.2) is 0 Å². The molecule has 17 heavy (non-hydrogen) atoms. The zero-order chi connectivity index (χ0) is 12.8. The molecule has 0 spiro atoms. The van der Waals surface area contributed by atoms with Crippen molar-refractivity contribution < 1.29 is 9.53 Å². The van der Waals surface area contributed by atoms with Crippen LogP contribution in [0.2, 0.25) is 0 Å². The zero-order valence-electron chi connectivity index (χ0n) is 11.0. The minimum Gasteiger partial charge on any atom is -0.465 e. The summed E-state index contributed by atoms with van der Waals surface area (Å²) in [6.45, 7) is 6.73. The van der Waals surface area contributed by atoms with Crippen LogP contribution in [0.25, 0.3) is 0 Å². The third-order valence-electron chi connectivity index (χ3n) is 2.57. The number of esters is 1. The fourth-order valence-corrected chi connectivity index (χ4v) is 1.64. The van der Waals surface area contributed by atoms with E-state index < -0.39 is 0 Å². The van der Waals surface area contributed by atoms with Crippen LogP contribution in [0.5, 0.6) is 0 Å². The van der Waals surface area contributed by atoms with Gasteiger partial charge in [-0.05, 0) is 20.3 Å². The molecule has 0 amide bonds. The SMILES string of the molecule is CCOC(=O)C(C)NCc1cn(C)nc1CC. The number of aryl methyl sites for hydroxylation is 2. The molecule has 0 fully saturated rings. The molecule has 1 heterocycles. The molecule has 1 N–H and O–H groups in total. The lowest BCUT2D eigenvalue weighted by atomic mass is 10.2. The topological polar surface area (TPSA) is 56.1 Å². The van der Waals surface area contributed by atoms with Crippen molar-refractivity contribution in [3.63, 3.8) is 0 Å². The first-order valence-corrected chi connectivity index (χ1v) is 5.99. The Morgan fingerprint density at radius 2 is 2.29 bits per heavy atom. The third kappa shape index (κ3) is 3.85. The molecule has 1 aromatic heterocycles. The molecule has 0 radical (unpaired) electrons. The lowest BCUT2D eigenvalue weighted by Gasteiger charge is -2.12. The van der Waals surface area contributed by atoms with E-state index in [1.165, 1.54) is 0 Å². The predicted molar refractivity (Wildman–Crippen MR) is 65.5 cm³/mol. The van der Waals surface area contributed by atoms with E-state index in [4.69, 9.17) is 4.74 Å². The maximum atomic E-state index is 11.4. The van der Waals surface area contributed by atoms with Crippen molar-refractivity contribution in [1.82, 2.24) is 15.1 Å². The minimum absolute atomic E-state index is 0.213. The van der Waals surface area contributed by atoms with Gasteiger partial charge >= 0.3 is 5.97 Å². The molecule has 0 aliphatic carbocycles. The van der Waals surface area contributed by atoms with E-state index in [9.17, 15) is 4.79 Å². The first-order chi connectivity index (χ1) is 8.08. The largest absolute Gasteiger partial charge is 0.465 e. The summed E-state index contributed by atoms with van der Waals surface area (Å²) in [6, 6.07) is -0.292. The molecular weight excluding hydrogens is 218 g/mol. The number of hydrogen-bond donors (Lipinski definition) is 1. The van der Waals surface area contributed by atoms with Crippen molar-refractivity contribution in [3.05, 3.63) is 17.5 Å². The molecule has 0 aliphatic heterocycles. The summed E-state index contributed by atoms with van der Waals surface area (Å²) in [5.41, 5.74) is 2.20. The second-order valence-corrected chi connectivity index (χ2v) is 3.98. The minimum atomic E-state index is -0.292. The van der Waals surface area contributed by atoms with E-state index in [1.807, 2.05) is 13.2 Å². The summed E-state index contributed by atoms with van der Waals surface area (Å²) < 4.78 is 6.73. The number of carbonyl (C=O) groups is 1. The van der Waals surface area contributed by atoms with Gasteiger partial charge in [-0.15, -0.1) is 0 Å². The quantitative estimate of drug-likeness (QED) is 0.753. The van der Waals surface area contributed by atoms with E-state index in [1.54, 1.807) is 18.5 Å². The Hall–Kier alpha value is -1.36. The average molecular weight is 239 g/mol. The molecule has 0 bridgehead atoms. The van der Waals surface area contributed by atoms with Crippen LogP contribution in [0.15, 0.2) is 6.20 Å². The molecule has 0 aromatic carbocycles. The number of hydrogen-bond acceptors (Lipinski definition) is 4. The van der Waals surface area contributed by atoms with Gasteiger partial charge in [-0.3, -0.25) is 9.48 Å². The molecule has 0 aliphatic rings. The van der Waals surface area contributed by atoms with Gasteiger partial charge in [-0.1, -0.05) is 6.92 Å². The molecular formula is C12H21N3O2. The van der Waals surface area contributed by atoms with Crippen molar-refractivity contribution in [3.8, 4) is 0 Å². The molecule has 0 saturated heterocycles. The van der Waals surface area contributed by atoms with Crippen LogP contribution in [0.3, 0.4) is 0 Å². The molecule has 96 valence electrons. The Morgan fingerprint density at radius 3 is 2.88 bits per heavy atom. The Bertz CT molecular complexity index is 374. The Balaban J connectivity index is 2.52. The zero-order valence-corrected chi connectivity index (χ0v) is 11.0. The van der Waals surface area contributed by atoms with Crippen molar-refractivity contribution >= 4 is 5.97 Å². The van der Waals surface area contributed by atoms with Gasteiger partial charge < -0.3 is 10.1 Å². The van der Waals surface area contributed by atoms with Crippen molar-refractivity contribution in [2.75, 3.05) is 6.61 Å². The number of carbonyl (C=O) groups excluding carboxylic acids is 1. The maximum Gasteiger partial charge on any atom is 0.322 e. The van der Waals surface area contributed by atoms with E-state index in [-0.39, 0.29) is 12.0 Å². The number of nitrogens with one attached hydrogen (secondary N) is 1. The second-order valence-electron chi connectivity index (χ2n) is 3.98. The van der Waals surface area contributed by atoms with Gasteiger partial charge in [0.05, 0.1) is 12.3 Å². The van der Waals surface area contributed by atoms with Gasteiger partial charge in [0.25, 0.3) is 0 Å². The van der Waals surface area contributed by atoms with Gasteiger partial charge in [-0.25, -0.2) is 0 Å². The molecule has 1 unspecified atom stereocenters. The number of aromatic nitrogens is 2. The van der Waals surface area contributed by atoms with Crippen LogP contribution in [0.1, 0.15) is 32.0 Å². The smallest absolute Gasteiger partial charge is 0.322 e. The Kier molecular flexibility index (Phi) is 5.15. The fourth-order valence-electron chi connectivity index (χ4n) is 1.64. The predicted octanol–water partition coefficient (Wildman–Crippen LogP) is 1.02. The van der Waals surface area contributed by atoms with E-state index >= 15 is 0 Å². The highest BCUT2D eigenvalue weighted by atomic mass is 16.5. The van der Waals surface area contributed by atoms with Crippen LogP contribution < -0.4 is 5.32 Å². The van der Waals surface area contributed by atoms with Crippen LogP contribution >= 0.6 is 0 Å². The van der Waals surface area contributed by atoms with Crippen LogP contribution in [-0.4, -0.2) is 28.4 Å². The van der Waals surface area contributed by atoms with E-state index in [0.717, 1.165) is 17.7 Å². The first kappa shape index (κ1) is 13.7. The summed E-state index contributed by atoms with van der Waals surface area (Å²) in [6.07, 6.45) is 2.87. The maximum absolute atomic E-state index is 11.4. The average Bonchev–Trinajstić information content (AvgIpc) is 2.66. The third-order valence-corrected chi connectivity index (χ3v) is 2.57. The van der Waals surface area contributed by atoms with Gasteiger partial charge in [0, 0.05) is 25.4 Å². The lowest BCUT2D eigenvalue weighted by Crippen LogP contribution is -2.35. The highest BCUT2D eigenvalue weighted by molar-refractivity contribution is 5.75. The monoisotopic (exact) mass is 239 g/mol. The lowest BCUT2D eigenvalue weighted by molar-refractivity contribution is -0.145. The van der Waals surface area contributed by atoms with Crippen LogP contribution in [0.4, 0.5) is 0 Å². The highest BCUT2D eigenvalue weighted by Crippen LogP contribution is 2.07. The Labute approximate surface area is 102 Å². The van der Waals surface area contributed by atoms with Crippen molar-refractivity contribution in [1.29, 1.82) is 0 Å². The van der Waals surface area contributed by atoms with Crippen molar-refractivity contribution in [2.24, 2.45) is 7.05 Å². The van der Waals surface area contributed by atoms with Gasteiger partial charge in [-0.2, -0.15) is 5.10 Å². The van der Waals surface area contributed by atoms with Gasteiger partial charge in [0.1, 0.15) is 6.04 Å². The summed E-state index contributed by atoms with van der Waals surface area (Å²) in [5, 5.41) is 7.49. The first-order valence-electron chi connectivity index (χ1n) is 5.99.